The van der Waals surface area contributed by atoms with Crippen LogP contribution >= 0.6 is 28.6 Å². The largest absolute Gasteiger partial charge is 0.333 e. The van der Waals surface area contributed by atoms with Crippen molar-refractivity contribution in [2.45, 2.75) is 6.54 Å². The highest BCUT2D eigenvalue weighted by atomic mass is 79.9. The number of rotatable bonds is 2. The van der Waals surface area contributed by atoms with Crippen molar-refractivity contribution in [3.63, 3.8) is 0 Å². The van der Waals surface area contributed by atoms with E-state index >= 15 is 0 Å². The van der Waals surface area contributed by atoms with Crippen LogP contribution in [0, 0.1) is 0 Å². The summed E-state index contributed by atoms with van der Waals surface area (Å²) >= 11 is 7.14. The summed E-state index contributed by atoms with van der Waals surface area (Å²) in [5, 5.41) is -0.226. The summed E-state index contributed by atoms with van der Waals surface area (Å²) in [5.74, 6) is 0. The van der Waals surface area contributed by atoms with Gasteiger partial charge in [0.15, 0.2) is 0 Å². The molecule has 0 aliphatic rings. The molecule has 0 N–H and O–H groups in total. The highest BCUT2D eigenvalue weighted by Crippen LogP contribution is 2.17. The average Bonchev–Trinajstić information content (AvgIpc) is 2.08. The molecule has 0 aliphatic carbocycles. The monoisotopic (exact) mass is 259 g/mol. The van der Waals surface area contributed by atoms with E-state index in [0.29, 0.717) is 6.54 Å². The minimum absolute atomic E-state index is 0.226. The number of carbonyl (C=O) groups excluding carboxylic acids is 1. The Hall–Kier alpha value is -0.480. The molecule has 70 valence electrons. The summed E-state index contributed by atoms with van der Waals surface area (Å²) < 4.78 is 1.01. The minimum Gasteiger partial charge on any atom is -0.333 e. The SMILES string of the molecule is CN(Cc1ccccc1Br)C(=O)S. The summed E-state index contributed by atoms with van der Waals surface area (Å²) in [7, 11) is 1.72. The third-order valence-electron chi connectivity index (χ3n) is 1.69. The van der Waals surface area contributed by atoms with Crippen LogP contribution in [0.5, 0.6) is 0 Å². The second kappa shape index (κ2) is 4.67. The lowest BCUT2D eigenvalue weighted by Gasteiger charge is -2.14. The van der Waals surface area contributed by atoms with Crippen molar-refractivity contribution in [1.82, 2.24) is 4.90 Å². The lowest BCUT2D eigenvalue weighted by molar-refractivity contribution is 0.232. The molecule has 1 aromatic carbocycles. The topological polar surface area (TPSA) is 20.3 Å². The van der Waals surface area contributed by atoms with Gasteiger partial charge in [-0.1, -0.05) is 46.8 Å². The second-order valence-electron chi connectivity index (χ2n) is 2.73. The van der Waals surface area contributed by atoms with Crippen LogP contribution in [0.1, 0.15) is 5.56 Å². The van der Waals surface area contributed by atoms with Crippen LogP contribution in [0.15, 0.2) is 28.7 Å². The molecule has 4 heteroatoms. The first-order valence-electron chi connectivity index (χ1n) is 3.78. The molecule has 0 bridgehead atoms. The van der Waals surface area contributed by atoms with E-state index in [2.05, 4.69) is 28.6 Å². The van der Waals surface area contributed by atoms with Crippen molar-refractivity contribution < 1.29 is 4.79 Å². The van der Waals surface area contributed by atoms with E-state index in [1.165, 1.54) is 0 Å². The molecule has 0 fully saturated rings. The number of benzene rings is 1. The summed E-state index contributed by atoms with van der Waals surface area (Å²) in [4.78, 5) is 12.4. The molecule has 1 aromatic rings. The molecule has 1 rings (SSSR count). The Balaban J connectivity index is 2.74. The van der Waals surface area contributed by atoms with Crippen LogP contribution < -0.4 is 0 Å². The molecule has 0 saturated carbocycles. The maximum Gasteiger partial charge on any atom is 0.278 e. The Morgan fingerprint density at radius 1 is 1.54 bits per heavy atom. The Morgan fingerprint density at radius 2 is 2.15 bits per heavy atom. The number of nitrogens with zero attached hydrogens (tertiary/aromatic N) is 1. The predicted molar refractivity (Wildman–Crippen MR) is 60.0 cm³/mol. The normalized spacial score (nSPS) is 9.77. The van der Waals surface area contributed by atoms with Gasteiger partial charge in [-0.15, -0.1) is 0 Å². The first kappa shape index (κ1) is 10.6. The van der Waals surface area contributed by atoms with Gasteiger partial charge in [0.2, 0.25) is 0 Å². The van der Waals surface area contributed by atoms with Crippen LogP contribution in [0.2, 0.25) is 0 Å². The molecule has 2 nitrogen and oxygen atoms in total. The van der Waals surface area contributed by atoms with Gasteiger partial charge in [0, 0.05) is 18.1 Å². The third-order valence-corrected chi connectivity index (χ3v) is 2.81. The van der Waals surface area contributed by atoms with Gasteiger partial charge in [0.1, 0.15) is 0 Å². The van der Waals surface area contributed by atoms with Crippen LogP contribution in [0.4, 0.5) is 4.79 Å². The fourth-order valence-electron chi connectivity index (χ4n) is 0.950. The van der Waals surface area contributed by atoms with Crippen molar-refractivity contribution in [1.29, 1.82) is 0 Å². The molecular weight excluding hydrogens is 250 g/mol. The summed E-state index contributed by atoms with van der Waals surface area (Å²) in [5.41, 5.74) is 1.08. The molecule has 0 unspecified atom stereocenters. The van der Waals surface area contributed by atoms with Gasteiger partial charge in [-0.25, -0.2) is 0 Å². The van der Waals surface area contributed by atoms with E-state index in [1.54, 1.807) is 11.9 Å². The highest BCUT2D eigenvalue weighted by Gasteiger charge is 2.05. The first-order chi connectivity index (χ1) is 6.11. The quantitative estimate of drug-likeness (QED) is 0.810. The fourth-order valence-corrected chi connectivity index (χ4v) is 1.43. The van der Waals surface area contributed by atoms with Crippen LogP contribution in [0.25, 0.3) is 0 Å². The minimum atomic E-state index is -0.226. The van der Waals surface area contributed by atoms with E-state index < -0.39 is 0 Å². The maximum absolute atomic E-state index is 10.8. The molecule has 0 saturated heterocycles. The zero-order valence-electron chi connectivity index (χ0n) is 7.20. The molecule has 0 heterocycles. The van der Waals surface area contributed by atoms with E-state index in [9.17, 15) is 4.79 Å². The molecule has 0 aromatic heterocycles. The Bertz CT molecular complexity index is 316. The van der Waals surface area contributed by atoms with Crippen molar-refractivity contribution in [3.8, 4) is 0 Å². The van der Waals surface area contributed by atoms with Gasteiger partial charge >= 0.3 is 0 Å². The third kappa shape index (κ3) is 3.04. The van der Waals surface area contributed by atoms with E-state index in [0.717, 1.165) is 10.0 Å². The van der Waals surface area contributed by atoms with Gasteiger partial charge in [0.25, 0.3) is 5.24 Å². The van der Waals surface area contributed by atoms with Crippen LogP contribution in [0.3, 0.4) is 0 Å². The lowest BCUT2D eigenvalue weighted by Crippen LogP contribution is -2.20. The van der Waals surface area contributed by atoms with Gasteiger partial charge in [-0.05, 0) is 11.6 Å². The van der Waals surface area contributed by atoms with Gasteiger partial charge < -0.3 is 4.90 Å². The van der Waals surface area contributed by atoms with E-state index in [4.69, 9.17) is 0 Å². The lowest BCUT2D eigenvalue weighted by atomic mass is 10.2. The standard InChI is InChI=1S/C9H10BrNOS/c1-11(9(12)13)6-7-4-2-3-5-8(7)10/h2-5H,6H2,1H3,(H,12,13). The zero-order valence-corrected chi connectivity index (χ0v) is 9.68. The van der Waals surface area contributed by atoms with E-state index in [-0.39, 0.29) is 5.24 Å². The van der Waals surface area contributed by atoms with Gasteiger partial charge in [-0.2, -0.15) is 0 Å². The molecule has 0 aliphatic heterocycles. The number of hydrogen-bond donors (Lipinski definition) is 1. The number of halogens is 1. The molecule has 1 amide bonds. The van der Waals surface area contributed by atoms with Gasteiger partial charge in [0.05, 0.1) is 0 Å². The van der Waals surface area contributed by atoms with Crippen molar-refractivity contribution in [2.24, 2.45) is 0 Å². The summed E-state index contributed by atoms with van der Waals surface area (Å²) in [6.07, 6.45) is 0. The molecule has 0 atom stereocenters. The van der Waals surface area contributed by atoms with E-state index in [1.807, 2.05) is 24.3 Å². The molecule has 13 heavy (non-hydrogen) atoms. The summed E-state index contributed by atoms with van der Waals surface area (Å²) in [6, 6.07) is 7.80. The summed E-state index contributed by atoms with van der Waals surface area (Å²) in [6.45, 7) is 0.573. The van der Waals surface area contributed by atoms with Crippen molar-refractivity contribution in [3.05, 3.63) is 34.3 Å². The average molecular weight is 260 g/mol. The van der Waals surface area contributed by atoms with Gasteiger partial charge in [-0.3, -0.25) is 4.79 Å². The number of carbonyl (C=O) groups is 1. The number of thiol groups is 1. The highest BCUT2D eigenvalue weighted by molar-refractivity contribution is 9.10. The smallest absolute Gasteiger partial charge is 0.278 e. The van der Waals surface area contributed by atoms with Crippen LogP contribution in [-0.2, 0) is 6.54 Å². The Morgan fingerprint density at radius 3 is 2.69 bits per heavy atom. The fraction of sp³-hybridized carbons (Fsp3) is 0.222. The van der Waals surface area contributed by atoms with Crippen LogP contribution in [-0.4, -0.2) is 17.2 Å². The second-order valence-corrected chi connectivity index (χ2v) is 3.97. The molecule has 0 spiro atoms. The van der Waals surface area contributed by atoms with Crippen molar-refractivity contribution in [2.75, 3.05) is 7.05 Å². The number of hydrogen-bond acceptors (Lipinski definition) is 1. The first-order valence-corrected chi connectivity index (χ1v) is 5.02. The predicted octanol–water partition coefficient (Wildman–Crippen LogP) is 2.93. The molecule has 0 radical (unpaired) electrons. The molecular formula is C9H10BrNOS. The Kier molecular flexibility index (Phi) is 3.81. The number of amides is 1. The maximum atomic E-state index is 10.8. The zero-order chi connectivity index (χ0) is 9.84. The Labute approximate surface area is 91.5 Å². The van der Waals surface area contributed by atoms with Crippen molar-refractivity contribution >= 4 is 33.8 Å².